The molecule has 2 atom stereocenters. The average molecular weight is 455 g/mol. The van der Waals surface area contributed by atoms with Crippen molar-refractivity contribution in [1.82, 2.24) is 20.9 Å². The molecule has 178 valence electrons. The highest BCUT2D eigenvalue weighted by atomic mass is 16.4. The van der Waals surface area contributed by atoms with Crippen LogP contribution in [-0.4, -0.2) is 55.8 Å². The normalized spacial score (nSPS) is 17.4. The summed E-state index contributed by atoms with van der Waals surface area (Å²) < 4.78 is 5.78. The van der Waals surface area contributed by atoms with Gasteiger partial charge in [-0.05, 0) is 56.1 Å². The monoisotopic (exact) mass is 454 g/mol. The molecular weight excluding hydrogens is 420 g/mol. The number of amides is 3. The van der Waals surface area contributed by atoms with Crippen LogP contribution in [0.2, 0.25) is 0 Å². The average Bonchev–Trinajstić information content (AvgIpc) is 3.31. The van der Waals surface area contributed by atoms with Gasteiger partial charge in [0.2, 0.25) is 11.8 Å². The molecule has 0 spiro atoms. The number of nitrogens with zero attached hydrogens (tertiary/aromatic N) is 1. The Morgan fingerprint density at radius 1 is 1.18 bits per heavy atom. The molecule has 1 aromatic carbocycles. The quantitative estimate of drug-likeness (QED) is 0.568. The van der Waals surface area contributed by atoms with Gasteiger partial charge in [-0.25, -0.2) is 0 Å². The van der Waals surface area contributed by atoms with Crippen molar-refractivity contribution in [2.24, 2.45) is 11.8 Å². The molecule has 1 aromatic heterocycles. The van der Waals surface area contributed by atoms with E-state index in [2.05, 4.69) is 20.9 Å². The van der Waals surface area contributed by atoms with E-state index in [9.17, 15) is 14.4 Å². The fourth-order valence-electron chi connectivity index (χ4n) is 4.07. The Kier molecular flexibility index (Phi) is 8.27. The van der Waals surface area contributed by atoms with Gasteiger partial charge in [0.1, 0.15) is 11.8 Å². The molecule has 2 heterocycles. The Labute approximate surface area is 195 Å². The molecule has 1 saturated heterocycles. The maximum atomic E-state index is 12.6. The largest absolute Gasteiger partial charge is 0.451 e. The second-order valence-electron chi connectivity index (χ2n) is 8.99. The van der Waals surface area contributed by atoms with Crippen molar-refractivity contribution < 1.29 is 18.8 Å². The molecule has 8 heteroatoms. The van der Waals surface area contributed by atoms with Crippen LogP contribution >= 0.6 is 0 Å². The van der Waals surface area contributed by atoms with Crippen molar-refractivity contribution in [3.8, 4) is 11.3 Å². The molecule has 3 N–H and O–H groups in total. The van der Waals surface area contributed by atoms with E-state index in [1.54, 1.807) is 12.1 Å². The van der Waals surface area contributed by atoms with Gasteiger partial charge in [0, 0.05) is 25.7 Å². The summed E-state index contributed by atoms with van der Waals surface area (Å²) in [6, 6.07) is 10.4. The van der Waals surface area contributed by atoms with E-state index in [4.69, 9.17) is 4.42 Å². The predicted molar refractivity (Wildman–Crippen MR) is 126 cm³/mol. The summed E-state index contributed by atoms with van der Waals surface area (Å²) in [5.41, 5.74) is 1.76. The minimum atomic E-state index is -0.646. The first-order chi connectivity index (χ1) is 15.8. The van der Waals surface area contributed by atoms with Crippen LogP contribution in [0.3, 0.4) is 0 Å². The van der Waals surface area contributed by atoms with E-state index in [1.807, 2.05) is 45.2 Å². The number of carbonyl (C=O) groups is 3. The highest BCUT2D eigenvalue weighted by Crippen LogP contribution is 2.24. The lowest BCUT2D eigenvalue weighted by Crippen LogP contribution is -2.48. The standard InChI is InChI=1S/C25H34N4O4/c1-16(2)22(25(32)26-3)28-24(31)21-11-10-20(33-21)18-8-5-7-17(13-18)14-27-23(30)19-9-6-12-29(4)15-19/h5,7-8,10-11,13,16,19,22H,6,9,12,14-15H2,1-4H3,(H,26,32)(H,27,30)(H,28,31). The van der Waals surface area contributed by atoms with Crippen LogP contribution in [0, 0.1) is 11.8 Å². The summed E-state index contributed by atoms with van der Waals surface area (Å²) >= 11 is 0. The topological polar surface area (TPSA) is 104 Å². The number of benzene rings is 1. The number of nitrogens with one attached hydrogen (secondary N) is 3. The first-order valence-electron chi connectivity index (χ1n) is 11.5. The smallest absolute Gasteiger partial charge is 0.287 e. The molecule has 0 bridgehead atoms. The second-order valence-corrected chi connectivity index (χ2v) is 8.99. The number of rotatable bonds is 8. The van der Waals surface area contributed by atoms with Gasteiger partial charge in [0.15, 0.2) is 5.76 Å². The van der Waals surface area contributed by atoms with Crippen LogP contribution in [0.4, 0.5) is 0 Å². The summed E-state index contributed by atoms with van der Waals surface area (Å²) in [4.78, 5) is 39.3. The first-order valence-corrected chi connectivity index (χ1v) is 11.5. The third-order valence-corrected chi connectivity index (χ3v) is 5.99. The third kappa shape index (κ3) is 6.44. The molecule has 2 unspecified atom stereocenters. The van der Waals surface area contributed by atoms with E-state index in [0.29, 0.717) is 12.3 Å². The molecule has 1 aliphatic rings. The van der Waals surface area contributed by atoms with E-state index >= 15 is 0 Å². The Hall–Kier alpha value is -3.13. The maximum Gasteiger partial charge on any atom is 0.287 e. The van der Waals surface area contributed by atoms with E-state index in [0.717, 1.165) is 37.1 Å². The number of hydrogen-bond donors (Lipinski definition) is 3. The van der Waals surface area contributed by atoms with Crippen LogP contribution < -0.4 is 16.0 Å². The van der Waals surface area contributed by atoms with E-state index in [1.165, 1.54) is 7.05 Å². The summed E-state index contributed by atoms with van der Waals surface area (Å²) in [6.07, 6.45) is 1.96. The Bertz CT molecular complexity index is 984. The van der Waals surface area contributed by atoms with Crippen molar-refractivity contribution >= 4 is 17.7 Å². The van der Waals surface area contributed by atoms with Crippen molar-refractivity contribution in [1.29, 1.82) is 0 Å². The fourth-order valence-corrected chi connectivity index (χ4v) is 4.07. The van der Waals surface area contributed by atoms with Crippen LogP contribution in [0.1, 0.15) is 42.8 Å². The van der Waals surface area contributed by atoms with Gasteiger partial charge in [-0.1, -0.05) is 32.0 Å². The molecule has 0 saturated carbocycles. The Morgan fingerprint density at radius 3 is 2.67 bits per heavy atom. The van der Waals surface area contributed by atoms with Gasteiger partial charge in [0.05, 0.1) is 5.92 Å². The van der Waals surface area contributed by atoms with Gasteiger partial charge in [-0.15, -0.1) is 0 Å². The first kappa shape index (κ1) is 24.5. The fraction of sp³-hybridized carbons (Fsp3) is 0.480. The lowest BCUT2D eigenvalue weighted by Gasteiger charge is -2.28. The van der Waals surface area contributed by atoms with Crippen molar-refractivity contribution in [3.63, 3.8) is 0 Å². The summed E-state index contributed by atoms with van der Waals surface area (Å²) in [5.74, 6) is 0.0404. The third-order valence-electron chi connectivity index (χ3n) is 5.99. The molecule has 0 radical (unpaired) electrons. The Morgan fingerprint density at radius 2 is 1.97 bits per heavy atom. The van der Waals surface area contributed by atoms with Crippen LogP contribution in [0.5, 0.6) is 0 Å². The van der Waals surface area contributed by atoms with Gasteiger partial charge in [-0.3, -0.25) is 14.4 Å². The minimum Gasteiger partial charge on any atom is -0.451 e. The van der Waals surface area contributed by atoms with Crippen LogP contribution in [0.25, 0.3) is 11.3 Å². The van der Waals surface area contributed by atoms with Gasteiger partial charge >= 0.3 is 0 Å². The minimum absolute atomic E-state index is 0.0301. The zero-order valence-corrected chi connectivity index (χ0v) is 19.8. The zero-order chi connectivity index (χ0) is 24.0. The number of hydrogen-bond acceptors (Lipinski definition) is 5. The summed E-state index contributed by atoms with van der Waals surface area (Å²) in [7, 11) is 3.58. The van der Waals surface area contributed by atoms with Crippen molar-refractivity contribution in [2.75, 3.05) is 27.2 Å². The SMILES string of the molecule is CNC(=O)C(NC(=O)c1ccc(-c2cccc(CNC(=O)C3CCCN(C)C3)c2)o1)C(C)C. The number of carbonyl (C=O) groups excluding carboxylic acids is 3. The summed E-state index contributed by atoms with van der Waals surface area (Å²) in [5, 5.41) is 8.34. The van der Waals surface area contributed by atoms with Crippen molar-refractivity contribution in [3.05, 3.63) is 47.7 Å². The lowest BCUT2D eigenvalue weighted by molar-refractivity contribution is -0.126. The molecule has 2 aromatic rings. The van der Waals surface area contributed by atoms with Gasteiger partial charge in [-0.2, -0.15) is 0 Å². The highest BCUT2D eigenvalue weighted by Gasteiger charge is 2.25. The highest BCUT2D eigenvalue weighted by molar-refractivity contribution is 5.96. The zero-order valence-electron chi connectivity index (χ0n) is 19.8. The Balaban J connectivity index is 1.63. The summed E-state index contributed by atoms with van der Waals surface area (Å²) in [6.45, 7) is 6.00. The van der Waals surface area contributed by atoms with Crippen LogP contribution in [0.15, 0.2) is 40.8 Å². The maximum absolute atomic E-state index is 12.6. The van der Waals surface area contributed by atoms with Gasteiger partial charge in [0.25, 0.3) is 5.91 Å². The molecule has 33 heavy (non-hydrogen) atoms. The molecule has 3 amide bonds. The van der Waals surface area contributed by atoms with Gasteiger partial charge < -0.3 is 25.3 Å². The lowest BCUT2D eigenvalue weighted by atomic mass is 9.97. The number of piperidine rings is 1. The van der Waals surface area contributed by atoms with E-state index in [-0.39, 0.29) is 29.4 Å². The number of likely N-dealkylation sites (tertiary alicyclic amines) is 1. The number of furan rings is 1. The molecular formula is C25H34N4O4. The molecule has 1 aliphatic heterocycles. The molecule has 1 fully saturated rings. The molecule has 0 aliphatic carbocycles. The van der Waals surface area contributed by atoms with E-state index < -0.39 is 11.9 Å². The second kappa shape index (κ2) is 11.1. The van der Waals surface area contributed by atoms with Crippen LogP contribution in [-0.2, 0) is 16.1 Å². The molecule has 8 nitrogen and oxygen atoms in total. The number of likely N-dealkylation sites (N-methyl/N-ethyl adjacent to an activating group) is 1. The molecule has 3 rings (SSSR count). The van der Waals surface area contributed by atoms with Crippen molar-refractivity contribution in [2.45, 2.75) is 39.3 Å². The predicted octanol–water partition coefficient (Wildman–Crippen LogP) is 2.41.